The van der Waals surface area contributed by atoms with Crippen molar-refractivity contribution in [2.24, 2.45) is 0 Å². The number of pyridine rings is 1. The van der Waals surface area contributed by atoms with Gasteiger partial charge in [-0.1, -0.05) is 24.3 Å². The zero-order valence-corrected chi connectivity index (χ0v) is 13.3. The summed E-state index contributed by atoms with van der Waals surface area (Å²) in [6.07, 6.45) is -4.53. The average Bonchev–Trinajstić information content (AvgIpc) is 2.53. The Bertz CT molecular complexity index is 730. The highest BCUT2D eigenvalue weighted by molar-refractivity contribution is 5.95. The summed E-state index contributed by atoms with van der Waals surface area (Å²) < 4.78 is 42.9. The van der Waals surface area contributed by atoms with Crippen molar-refractivity contribution in [2.45, 2.75) is 26.3 Å². The monoisotopic (exact) mass is 338 g/mol. The molecule has 1 aromatic heterocycles. The van der Waals surface area contributed by atoms with Gasteiger partial charge in [0.05, 0.1) is 17.9 Å². The van der Waals surface area contributed by atoms with Crippen molar-refractivity contribution in [1.29, 1.82) is 0 Å². The molecule has 0 bridgehead atoms. The number of benzene rings is 1. The molecule has 0 saturated heterocycles. The lowest BCUT2D eigenvalue weighted by Gasteiger charge is -2.12. The number of methoxy groups -OCH3 is 1. The van der Waals surface area contributed by atoms with E-state index in [0.29, 0.717) is 6.61 Å². The summed E-state index contributed by atoms with van der Waals surface area (Å²) >= 11 is 0. The lowest BCUT2D eigenvalue weighted by Crippen LogP contribution is -2.25. The Balaban J connectivity index is 2.11. The van der Waals surface area contributed by atoms with Crippen LogP contribution >= 0.6 is 0 Å². The maximum Gasteiger partial charge on any atom is 0.433 e. The number of carbonyl (C=O) groups is 1. The lowest BCUT2D eigenvalue weighted by molar-refractivity contribution is -0.141. The quantitative estimate of drug-likeness (QED) is 0.908. The van der Waals surface area contributed by atoms with Crippen molar-refractivity contribution < 1.29 is 22.7 Å². The number of hydrogen-bond acceptors (Lipinski definition) is 3. The Morgan fingerprint density at radius 3 is 2.42 bits per heavy atom. The van der Waals surface area contributed by atoms with Crippen LogP contribution in [-0.4, -0.2) is 18.0 Å². The summed E-state index contributed by atoms with van der Waals surface area (Å²) in [6.45, 7) is 2.04. The highest BCUT2D eigenvalue weighted by Gasteiger charge is 2.33. The maximum absolute atomic E-state index is 12.6. The van der Waals surface area contributed by atoms with Crippen LogP contribution in [0.15, 0.2) is 36.4 Å². The first-order chi connectivity index (χ1) is 11.3. The van der Waals surface area contributed by atoms with Crippen molar-refractivity contribution in [2.75, 3.05) is 7.11 Å². The second-order valence-corrected chi connectivity index (χ2v) is 5.21. The number of rotatable bonds is 5. The minimum absolute atomic E-state index is 0.0347. The summed E-state index contributed by atoms with van der Waals surface area (Å²) in [5.41, 5.74) is 0.953. The summed E-state index contributed by atoms with van der Waals surface area (Å²) in [7, 11) is 1.58. The molecule has 1 amide bonds. The minimum Gasteiger partial charge on any atom is -0.380 e. The van der Waals surface area contributed by atoms with Gasteiger partial charge in [0.2, 0.25) is 0 Å². The van der Waals surface area contributed by atoms with Gasteiger partial charge >= 0.3 is 6.18 Å². The molecule has 0 aliphatic rings. The summed E-state index contributed by atoms with van der Waals surface area (Å²) in [4.78, 5) is 15.7. The molecule has 0 radical (unpaired) electrons. The van der Waals surface area contributed by atoms with Crippen LogP contribution in [0.3, 0.4) is 0 Å². The number of nitrogens with one attached hydrogen (secondary N) is 1. The first-order valence-electron chi connectivity index (χ1n) is 7.21. The van der Waals surface area contributed by atoms with Crippen LogP contribution in [-0.2, 0) is 24.1 Å². The lowest BCUT2D eigenvalue weighted by atomic mass is 10.1. The maximum atomic E-state index is 12.6. The Hall–Kier alpha value is -2.41. The number of alkyl halides is 3. The molecular weight excluding hydrogens is 321 g/mol. The number of nitrogens with zero attached hydrogens (tertiary/aromatic N) is 1. The Morgan fingerprint density at radius 2 is 1.83 bits per heavy atom. The minimum atomic E-state index is -4.53. The number of amides is 1. The van der Waals surface area contributed by atoms with E-state index in [2.05, 4.69) is 10.3 Å². The van der Waals surface area contributed by atoms with Gasteiger partial charge in [-0.3, -0.25) is 4.79 Å². The van der Waals surface area contributed by atoms with Crippen LogP contribution in [0.1, 0.15) is 32.9 Å². The van der Waals surface area contributed by atoms with Crippen molar-refractivity contribution in [3.05, 3.63) is 64.5 Å². The number of carbonyl (C=O) groups excluding carboxylic acids is 1. The van der Waals surface area contributed by atoms with Gasteiger partial charge in [0.25, 0.3) is 5.91 Å². The largest absolute Gasteiger partial charge is 0.433 e. The molecule has 0 atom stereocenters. The topological polar surface area (TPSA) is 51.2 Å². The van der Waals surface area contributed by atoms with E-state index in [1.807, 2.05) is 24.3 Å². The molecule has 24 heavy (non-hydrogen) atoms. The molecule has 128 valence electrons. The Labute approximate surface area is 137 Å². The third-order valence-electron chi connectivity index (χ3n) is 3.48. The molecule has 1 heterocycles. The van der Waals surface area contributed by atoms with Crippen molar-refractivity contribution in [3.8, 4) is 0 Å². The molecular formula is C17H17F3N2O2. The molecule has 0 aliphatic carbocycles. The molecule has 0 fully saturated rings. The van der Waals surface area contributed by atoms with E-state index in [9.17, 15) is 18.0 Å². The molecule has 1 N–H and O–H groups in total. The van der Waals surface area contributed by atoms with Gasteiger partial charge in [0.15, 0.2) is 0 Å². The molecule has 2 aromatic rings. The smallest absolute Gasteiger partial charge is 0.380 e. The second-order valence-electron chi connectivity index (χ2n) is 5.21. The van der Waals surface area contributed by atoms with Gasteiger partial charge in [-0.05, 0) is 30.2 Å². The molecule has 1 aromatic carbocycles. The van der Waals surface area contributed by atoms with E-state index >= 15 is 0 Å². The molecule has 0 saturated carbocycles. The van der Waals surface area contributed by atoms with Crippen LogP contribution in [0.5, 0.6) is 0 Å². The molecule has 2 rings (SSSR count). The van der Waals surface area contributed by atoms with Crippen LogP contribution in [0.4, 0.5) is 13.2 Å². The van der Waals surface area contributed by atoms with Gasteiger partial charge in [-0.25, -0.2) is 4.98 Å². The molecule has 4 nitrogen and oxygen atoms in total. The number of ether oxygens (including phenoxy) is 1. The Kier molecular flexibility index (Phi) is 5.56. The fraction of sp³-hybridized carbons (Fsp3) is 0.294. The van der Waals surface area contributed by atoms with Gasteiger partial charge in [-0.2, -0.15) is 13.2 Å². The second kappa shape index (κ2) is 7.44. The van der Waals surface area contributed by atoms with Crippen LogP contribution in [0, 0.1) is 6.92 Å². The number of aromatic nitrogens is 1. The van der Waals surface area contributed by atoms with Crippen LogP contribution in [0.2, 0.25) is 0 Å². The number of aryl methyl sites for hydroxylation is 1. The van der Waals surface area contributed by atoms with E-state index in [-0.39, 0.29) is 17.8 Å². The van der Waals surface area contributed by atoms with Gasteiger partial charge in [0, 0.05) is 13.7 Å². The summed E-state index contributed by atoms with van der Waals surface area (Å²) in [5.74, 6) is -0.471. The normalized spacial score (nSPS) is 11.4. The fourth-order valence-corrected chi connectivity index (χ4v) is 2.26. The predicted octanol–water partition coefficient (Wildman–Crippen LogP) is 3.49. The fourth-order valence-electron chi connectivity index (χ4n) is 2.26. The third-order valence-corrected chi connectivity index (χ3v) is 3.48. The molecule has 0 unspecified atom stereocenters. The molecule has 0 spiro atoms. The van der Waals surface area contributed by atoms with Gasteiger partial charge < -0.3 is 10.1 Å². The van der Waals surface area contributed by atoms with Gasteiger partial charge in [-0.15, -0.1) is 0 Å². The SMILES string of the molecule is COCc1ccccc1CNC(=O)c1ccc(C(F)(F)F)nc1C. The van der Waals surface area contributed by atoms with Crippen LogP contribution in [0.25, 0.3) is 0 Å². The number of halogens is 3. The predicted molar refractivity (Wildman–Crippen MR) is 82.3 cm³/mol. The van der Waals surface area contributed by atoms with Gasteiger partial charge in [0.1, 0.15) is 5.69 Å². The molecule has 0 aliphatic heterocycles. The van der Waals surface area contributed by atoms with Crippen molar-refractivity contribution in [1.82, 2.24) is 10.3 Å². The average molecular weight is 338 g/mol. The van der Waals surface area contributed by atoms with Crippen molar-refractivity contribution >= 4 is 5.91 Å². The standard InChI is InChI=1S/C17H17F3N2O2/c1-11-14(7-8-15(22-11)17(18,19)20)16(23)21-9-12-5-3-4-6-13(12)10-24-2/h3-8H,9-10H2,1-2H3,(H,21,23). The van der Waals surface area contributed by atoms with E-state index < -0.39 is 17.8 Å². The third kappa shape index (κ3) is 4.32. The summed E-state index contributed by atoms with van der Waals surface area (Å²) in [5, 5.41) is 2.70. The summed E-state index contributed by atoms with van der Waals surface area (Å²) in [6, 6.07) is 9.39. The van der Waals surface area contributed by atoms with E-state index in [1.165, 1.54) is 6.92 Å². The van der Waals surface area contributed by atoms with E-state index in [0.717, 1.165) is 23.3 Å². The first kappa shape index (κ1) is 17.9. The van der Waals surface area contributed by atoms with E-state index in [1.54, 1.807) is 7.11 Å². The first-order valence-corrected chi connectivity index (χ1v) is 7.21. The number of hydrogen-bond donors (Lipinski definition) is 1. The van der Waals surface area contributed by atoms with Crippen LogP contribution < -0.4 is 5.32 Å². The Morgan fingerprint density at radius 1 is 1.17 bits per heavy atom. The highest BCUT2D eigenvalue weighted by Crippen LogP contribution is 2.28. The van der Waals surface area contributed by atoms with Crippen molar-refractivity contribution in [3.63, 3.8) is 0 Å². The highest BCUT2D eigenvalue weighted by atomic mass is 19.4. The zero-order chi connectivity index (χ0) is 17.7. The zero-order valence-electron chi connectivity index (χ0n) is 13.3. The molecule has 7 heteroatoms. The van der Waals surface area contributed by atoms with E-state index in [4.69, 9.17) is 4.74 Å².